The number of hydrogen-bond acceptors (Lipinski definition) is 2. The summed E-state index contributed by atoms with van der Waals surface area (Å²) in [5.74, 6) is 0.297. The Balaban J connectivity index is 3.24. The number of methoxy groups -OCH3 is 1. The molecule has 0 atom stereocenters. The number of halogens is 4. The number of nitrogens with zero attached hydrogens (tertiary/aromatic N) is 1. The van der Waals surface area contributed by atoms with Crippen LogP contribution in [0.3, 0.4) is 0 Å². The molecule has 1 rings (SSSR count). The van der Waals surface area contributed by atoms with Crippen molar-refractivity contribution in [2.75, 3.05) is 7.11 Å². The molecule has 0 aliphatic carbocycles. The van der Waals surface area contributed by atoms with Crippen LogP contribution < -0.4 is 4.74 Å². The van der Waals surface area contributed by atoms with Crippen LogP contribution in [0.5, 0.6) is 5.75 Å². The second-order valence-corrected chi connectivity index (χ2v) is 3.38. The van der Waals surface area contributed by atoms with Gasteiger partial charge in [0.2, 0.25) is 0 Å². The highest BCUT2D eigenvalue weighted by atomic mass is 79.9. The largest absolute Gasteiger partial charge is 0.494 e. The number of rotatable bonds is 3. The van der Waals surface area contributed by atoms with Gasteiger partial charge in [0.05, 0.1) is 7.11 Å². The van der Waals surface area contributed by atoms with E-state index in [2.05, 4.69) is 20.9 Å². The van der Waals surface area contributed by atoms with Gasteiger partial charge in [-0.15, -0.1) is 0 Å². The molecule has 14 heavy (non-hydrogen) atoms. The average Bonchev–Trinajstić information content (AvgIpc) is 2.17. The van der Waals surface area contributed by atoms with Gasteiger partial charge in [0, 0.05) is 5.33 Å². The van der Waals surface area contributed by atoms with Crippen LogP contribution in [0.1, 0.15) is 17.7 Å². The van der Waals surface area contributed by atoms with Gasteiger partial charge in [-0.25, -0.2) is 13.8 Å². The van der Waals surface area contributed by atoms with Crippen LogP contribution in [0.2, 0.25) is 5.15 Å². The third kappa shape index (κ3) is 2.33. The van der Waals surface area contributed by atoms with Crippen LogP contribution in [-0.4, -0.2) is 12.1 Å². The van der Waals surface area contributed by atoms with Crippen LogP contribution in [0.15, 0.2) is 6.07 Å². The van der Waals surface area contributed by atoms with Crippen molar-refractivity contribution in [1.29, 1.82) is 0 Å². The van der Waals surface area contributed by atoms with Crippen molar-refractivity contribution >= 4 is 27.5 Å². The first-order valence-electron chi connectivity index (χ1n) is 3.67. The average molecular weight is 287 g/mol. The molecular weight excluding hydrogens is 279 g/mol. The van der Waals surface area contributed by atoms with Gasteiger partial charge in [0.25, 0.3) is 6.43 Å². The van der Waals surface area contributed by atoms with Crippen molar-refractivity contribution in [3.05, 3.63) is 22.5 Å². The SMILES string of the molecule is COc1cc(CBr)c(C(F)F)nc1Cl. The van der Waals surface area contributed by atoms with Crippen LogP contribution in [0.25, 0.3) is 0 Å². The fraction of sp³-hybridized carbons (Fsp3) is 0.375. The van der Waals surface area contributed by atoms with Gasteiger partial charge >= 0.3 is 0 Å². The van der Waals surface area contributed by atoms with Gasteiger partial charge in [0.15, 0.2) is 10.9 Å². The summed E-state index contributed by atoms with van der Waals surface area (Å²) >= 11 is 8.71. The first kappa shape index (κ1) is 11.7. The molecule has 0 fully saturated rings. The summed E-state index contributed by atoms with van der Waals surface area (Å²) in [4.78, 5) is 3.57. The first-order valence-corrected chi connectivity index (χ1v) is 5.17. The van der Waals surface area contributed by atoms with Gasteiger partial charge in [-0.1, -0.05) is 27.5 Å². The molecule has 0 aromatic carbocycles. The Morgan fingerprint density at radius 3 is 2.71 bits per heavy atom. The number of alkyl halides is 3. The molecule has 0 bridgehead atoms. The summed E-state index contributed by atoms with van der Waals surface area (Å²) in [6.07, 6.45) is -2.63. The van der Waals surface area contributed by atoms with E-state index >= 15 is 0 Å². The number of pyridine rings is 1. The summed E-state index contributed by atoms with van der Waals surface area (Å²) in [6.45, 7) is 0. The molecule has 0 amide bonds. The number of aromatic nitrogens is 1. The lowest BCUT2D eigenvalue weighted by atomic mass is 10.2. The molecule has 1 aromatic rings. The van der Waals surface area contributed by atoms with E-state index in [0.29, 0.717) is 11.3 Å². The first-order chi connectivity index (χ1) is 6.60. The molecule has 1 heterocycles. The maximum atomic E-state index is 12.4. The van der Waals surface area contributed by atoms with Gasteiger partial charge in [0.1, 0.15) is 5.69 Å². The van der Waals surface area contributed by atoms with E-state index in [1.165, 1.54) is 13.2 Å². The Labute approximate surface area is 93.4 Å². The number of ether oxygens (including phenoxy) is 1. The molecule has 78 valence electrons. The summed E-state index contributed by atoms with van der Waals surface area (Å²) in [5.41, 5.74) is 0.0638. The van der Waals surface area contributed by atoms with Crippen LogP contribution in [0.4, 0.5) is 8.78 Å². The lowest BCUT2D eigenvalue weighted by Gasteiger charge is -2.09. The van der Waals surface area contributed by atoms with Crippen LogP contribution >= 0.6 is 27.5 Å². The molecule has 0 aliphatic heterocycles. The van der Waals surface area contributed by atoms with E-state index in [0.717, 1.165) is 0 Å². The van der Waals surface area contributed by atoms with Gasteiger partial charge < -0.3 is 4.74 Å². The predicted octanol–water partition coefficient (Wildman–Crippen LogP) is 3.58. The summed E-state index contributed by atoms with van der Waals surface area (Å²) in [7, 11) is 1.41. The van der Waals surface area contributed by atoms with Crippen molar-refractivity contribution in [2.45, 2.75) is 11.8 Å². The maximum Gasteiger partial charge on any atom is 0.280 e. The molecule has 1 aromatic heterocycles. The standard InChI is InChI=1S/C8H7BrClF2NO/c1-14-5-2-4(3-9)6(8(11)12)13-7(5)10/h2,8H,3H2,1H3. The Bertz CT molecular complexity index is 335. The highest BCUT2D eigenvalue weighted by molar-refractivity contribution is 9.08. The summed E-state index contributed by atoms with van der Waals surface area (Å²) in [6, 6.07) is 1.45. The lowest BCUT2D eigenvalue weighted by molar-refractivity contribution is 0.145. The molecule has 0 aliphatic rings. The maximum absolute atomic E-state index is 12.4. The predicted molar refractivity (Wildman–Crippen MR) is 53.4 cm³/mol. The molecule has 0 saturated heterocycles. The molecule has 6 heteroatoms. The quantitative estimate of drug-likeness (QED) is 0.626. The van der Waals surface area contributed by atoms with Gasteiger partial charge in [-0.05, 0) is 11.6 Å². The smallest absolute Gasteiger partial charge is 0.280 e. The van der Waals surface area contributed by atoms with Crippen molar-refractivity contribution in [1.82, 2.24) is 4.98 Å². The fourth-order valence-corrected chi connectivity index (χ4v) is 1.64. The van der Waals surface area contributed by atoms with E-state index in [-0.39, 0.29) is 16.2 Å². The van der Waals surface area contributed by atoms with Crippen molar-refractivity contribution in [3.8, 4) is 5.75 Å². The van der Waals surface area contributed by atoms with E-state index in [9.17, 15) is 8.78 Å². The third-order valence-corrected chi connectivity index (χ3v) is 2.50. The van der Waals surface area contributed by atoms with Crippen molar-refractivity contribution in [3.63, 3.8) is 0 Å². The van der Waals surface area contributed by atoms with E-state index in [1.54, 1.807) is 0 Å². The van der Waals surface area contributed by atoms with E-state index in [1.807, 2.05) is 0 Å². The van der Waals surface area contributed by atoms with E-state index < -0.39 is 6.43 Å². The molecule has 0 unspecified atom stereocenters. The zero-order valence-electron chi connectivity index (χ0n) is 7.23. The van der Waals surface area contributed by atoms with Crippen LogP contribution in [-0.2, 0) is 5.33 Å². The monoisotopic (exact) mass is 285 g/mol. The normalized spacial score (nSPS) is 10.7. The van der Waals surface area contributed by atoms with Gasteiger partial charge in [-0.3, -0.25) is 0 Å². The second-order valence-electron chi connectivity index (χ2n) is 2.46. The molecule has 0 saturated carbocycles. The van der Waals surface area contributed by atoms with Crippen LogP contribution in [0, 0.1) is 0 Å². The molecule has 0 N–H and O–H groups in total. The summed E-state index contributed by atoms with van der Waals surface area (Å²) in [5, 5.41) is 0.236. The Kier molecular flexibility index (Phi) is 4.07. The molecule has 2 nitrogen and oxygen atoms in total. The minimum absolute atomic E-state index is 0.0486. The highest BCUT2D eigenvalue weighted by Gasteiger charge is 2.17. The highest BCUT2D eigenvalue weighted by Crippen LogP contribution is 2.30. The molecule has 0 spiro atoms. The van der Waals surface area contributed by atoms with E-state index in [4.69, 9.17) is 16.3 Å². The zero-order valence-corrected chi connectivity index (χ0v) is 9.57. The zero-order chi connectivity index (χ0) is 10.7. The summed E-state index contributed by atoms with van der Waals surface area (Å²) < 4.78 is 29.8. The number of hydrogen-bond donors (Lipinski definition) is 0. The Morgan fingerprint density at radius 1 is 1.64 bits per heavy atom. The Morgan fingerprint density at radius 2 is 2.29 bits per heavy atom. The topological polar surface area (TPSA) is 22.1 Å². The fourth-order valence-electron chi connectivity index (χ4n) is 0.964. The Hall–Kier alpha value is -0.420. The third-order valence-electron chi connectivity index (χ3n) is 1.63. The lowest BCUT2D eigenvalue weighted by Crippen LogP contribution is -1.99. The minimum atomic E-state index is -2.63. The minimum Gasteiger partial charge on any atom is -0.494 e. The van der Waals surface area contributed by atoms with Crippen molar-refractivity contribution < 1.29 is 13.5 Å². The van der Waals surface area contributed by atoms with Crippen molar-refractivity contribution in [2.24, 2.45) is 0 Å². The van der Waals surface area contributed by atoms with Gasteiger partial charge in [-0.2, -0.15) is 0 Å². The molecule has 0 radical (unpaired) electrons. The second kappa shape index (κ2) is 4.89. The molecular formula is C8H7BrClF2NO.